The van der Waals surface area contributed by atoms with E-state index in [4.69, 9.17) is 0 Å². The van der Waals surface area contributed by atoms with Gasteiger partial charge < -0.3 is 9.64 Å². The molecule has 144 valence electrons. The monoisotopic (exact) mass is 392 g/mol. The second-order valence-corrected chi connectivity index (χ2v) is 8.23. The van der Waals surface area contributed by atoms with Crippen LogP contribution >= 0.6 is 0 Å². The molecule has 1 aromatic rings. The van der Waals surface area contributed by atoms with Gasteiger partial charge in [-0.1, -0.05) is 6.07 Å². The summed E-state index contributed by atoms with van der Waals surface area (Å²) in [5.74, 6) is -0.340. The predicted octanol–water partition coefficient (Wildman–Crippen LogP) is 2.26. The number of piperidine rings is 1. The number of nitrogens with zero attached hydrogens (tertiary/aromatic N) is 1. The fourth-order valence-electron chi connectivity index (χ4n) is 2.93. The number of sulfonamides is 1. The van der Waals surface area contributed by atoms with Crippen LogP contribution < -0.4 is 9.46 Å². The summed E-state index contributed by atoms with van der Waals surface area (Å²) >= 11 is 0. The molecule has 1 saturated heterocycles. The zero-order valence-electron chi connectivity index (χ0n) is 13.8. The van der Waals surface area contributed by atoms with Crippen LogP contribution in [0.3, 0.4) is 0 Å². The minimum Gasteiger partial charge on any atom is -0.406 e. The number of benzene rings is 1. The largest absolute Gasteiger partial charge is 0.573 e. The minimum absolute atomic E-state index is 0.125. The predicted molar refractivity (Wildman–Crippen MR) is 85.8 cm³/mol. The molecule has 1 amide bonds. The van der Waals surface area contributed by atoms with Gasteiger partial charge in [0, 0.05) is 31.1 Å². The van der Waals surface area contributed by atoms with Crippen LogP contribution in [0.15, 0.2) is 29.2 Å². The average Bonchev–Trinajstić information content (AvgIpc) is 3.38. The van der Waals surface area contributed by atoms with Crippen molar-refractivity contribution < 1.29 is 31.1 Å². The summed E-state index contributed by atoms with van der Waals surface area (Å²) in [6.45, 7) is 0.944. The third kappa shape index (κ3) is 4.88. The van der Waals surface area contributed by atoms with Gasteiger partial charge in [0.1, 0.15) is 5.75 Å². The number of halogens is 3. The van der Waals surface area contributed by atoms with Crippen LogP contribution in [0.2, 0.25) is 0 Å². The number of ether oxygens (including phenoxy) is 1. The van der Waals surface area contributed by atoms with Gasteiger partial charge in [-0.25, -0.2) is 13.1 Å². The van der Waals surface area contributed by atoms with Crippen molar-refractivity contribution in [3.63, 3.8) is 0 Å². The molecule has 1 aromatic carbocycles. The SMILES string of the molecule is O=C(C1CC1)N1CCC(NS(=O)(=O)c2cccc(OC(F)(F)F)c2)CC1. The highest BCUT2D eigenvalue weighted by Gasteiger charge is 2.36. The summed E-state index contributed by atoms with van der Waals surface area (Å²) in [6.07, 6.45) is -2.12. The fraction of sp³-hybridized carbons (Fsp3) is 0.562. The summed E-state index contributed by atoms with van der Waals surface area (Å²) < 4.78 is 68.0. The third-order valence-corrected chi connectivity index (χ3v) is 5.92. The van der Waals surface area contributed by atoms with Crippen molar-refractivity contribution >= 4 is 15.9 Å². The molecule has 0 radical (unpaired) electrons. The Bertz CT molecular complexity index is 770. The van der Waals surface area contributed by atoms with E-state index in [2.05, 4.69) is 9.46 Å². The zero-order chi connectivity index (χ0) is 18.9. The number of carbonyl (C=O) groups excluding carboxylic acids is 1. The number of rotatable bonds is 5. The Morgan fingerprint density at radius 1 is 1.15 bits per heavy atom. The normalized spacial score (nSPS) is 19.4. The first-order chi connectivity index (χ1) is 12.1. The summed E-state index contributed by atoms with van der Waals surface area (Å²) in [6, 6.07) is 3.90. The molecule has 1 N–H and O–H groups in total. The van der Waals surface area contributed by atoms with Gasteiger partial charge in [0.05, 0.1) is 4.90 Å². The van der Waals surface area contributed by atoms with E-state index in [9.17, 15) is 26.4 Å². The van der Waals surface area contributed by atoms with Crippen molar-refractivity contribution in [2.24, 2.45) is 5.92 Å². The zero-order valence-corrected chi connectivity index (χ0v) is 14.6. The van der Waals surface area contributed by atoms with Crippen LogP contribution in [0.5, 0.6) is 5.75 Å². The lowest BCUT2D eigenvalue weighted by atomic mass is 10.1. The number of carbonyl (C=O) groups is 1. The van der Waals surface area contributed by atoms with E-state index in [1.807, 2.05) is 0 Å². The molecule has 3 rings (SSSR count). The fourth-order valence-corrected chi connectivity index (χ4v) is 4.27. The van der Waals surface area contributed by atoms with Crippen molar-refractivity contribution in [3.8, 4) is 5.75 Å². The highest BCUT2D eigenvalue weighted by atomic mass is 32.2. The maximum atomic E-state index is 12.4. The Morgan fingerprint density at radius 2 is 1.81 bits per heavy atom. The van der Waals surface area contributed by atoms with Crippen LogP contribution in [-0.2, 0) is 14.8 Å². The summed E-state index contributed by atoms with van der Waals surface area (Å²) in [5.41, 5.74) is 0. The van der Waals surface area contributed by atoms with Gasteiger partial charge in [-0.3, -0.25) is 4.79 Å². The summed E-state index contributed by atoms with van der Waals surface area (Å²) in [5, 5.41) is 0. The molecule has 1 aliphatic heterocycles. The lowest BCUT2D eigenvalue weighted by molar-refractivity contribution is -0.274. The number of hydrogen-bond acceptors (Lipinski definition) is 4. The minimum atomic E-state index is -4.89. The number of amides is 1. The molecular formula is C16H19F3N2O4S. The van der Waals surface area contributed by atoms with E-state index < -0.39 is 22.1 Å². The van der Waals surface area contributed by atoms with Gasteiger partial charge in [0.25, 0.3) is 0 Å². The lowest BCUT2D eigenvalue weighted by Crippen LogP contribution is -2.46. The number of alkyl halides is 3. The van der Waals surface area contributed by atoms with Gasteiger partial charge in [-0.05, 0) is 37.8 Å². The molecule has 0 aromatic heterocycles. The lowest BCUT2D eigenvalue weighted by Gasteiger charge is -2.32. The van der Waals surface area contributed by atoms with Crippen LogP contribution in [-0.4, -0.2) is 44.7 Å². The van der Waals surface area contributed by atoms with E-state index in [1.165, 1.54) is 12.1 Å². The first-order valence-electron chi connectivity index (χ1n) is 8.31. The van der Waals surface area contributed by atoms with Crippen molar-refractivity contribution in [1.82, 2.24) is 9.62 Å². The first-order valence-corrected chi connectivity index (χ1v) is 9.79. The van der Waals surface area contributed by atoms with Crippen molar-refractivity contribution in [2.45, 2.75) is 43.0 Å². The maximum Gasteiger partial charge on any atom is 0.573 e. The Kier molecular flexibility index (Phi) is 5.16. The Balaban J connectivity index is 1.60. The molecule has 0 spiro atoms. The quantitative estimate of drug-likeness (QED) is 0.834. The van der Waals surface area contributed by atoms with Gasteiger partial charge in [-0.15, -0.1) is 13.2 Å². The molecule has 1 heterocycles. The summed E-state index contributed by atoms with van der Waals surface area (Å²) in [4.78, 5) is 13.5. The van der Waals surface area contributed by atoms with Crippen molar-refractivity contribution in [1.29, 1.82) is 0 Å². The highest BCUT2D eigenvalue weighted by molar-refractivity contribution is 7.89. The molecule has 0 unspecified atom stereocenters. The molecule has 1 aliphatic carbocycles. The average molecular weight is 392 g/mol. The number of nitrogens with one attached hydrogen (secondary N) is 1. The van der Waals surface area contributed by atoms with Gasteiger partial charge in [0.15, 0.2) is 0 Å². The van der Waals surface area contributed by atoms with E-state index >= 15 is 0 Å². The first kappa shape index (κ1) is 19.0. The molecule has 10 heteroatoms. The van der Waals surface area contributed by atoms with Gasteiger partial charge >= 0.3 is 6.36 Å². The standard InChI is InChI=1S/C16H19F3N2O4S/c17-16(18,19)25-13-2-1-3-14(10-13)26(23,24)20-12-6-8-21(9-7-12)15(22)11-4-5-11/h1-3,10-12,20H,4-9H2. The smallest absolute Gasteiger partial charge is 0.406 e. The molecular weight excluding hydrogens is 373 g/mol. The van der Waals surface area contributed by atoms with Crippen LogP contribution in [0, 0.1) is 5.92 Å². The Labute approximate surface area is 149 Å². The van der Waals surface area contributed by atoms with Crippen molar-refractivity contribution in [2.75, 3.05) is 13.1 Å². The van der Waals surface area contributed by atoms with Crippen molar-refractivity contribution in [3.05, 3.63) is 24.3 Å². The van der Waals surface area contributed by atoms with Gasteiger partial charge in [-0.2, -0.15) is 0 Å². The number of likely N-dealkylation sites (tertiary alicyclic amines) is 1. The van der Waals surface area contributed by atoms with Gasteiger partial charge in [0.2, 0.25) is 15.9 Å². The van der Waals surface area contributed by atoms with E-state index in [1.54, 1.807) is 4.90 Å². The molecule has 2 fully saturated rings. The number of hydrogen-bond donors (Lipinski definition) is 1. The highest BCUT2D eigenvalue weighted by Crippen LogP contribution is 2.32. The van der Waals surface area contributed by atoms with Crippen LogP contribution in [0.1, 0.15) is 25.7 Å². The summed E-state index contributed by atoms with van der Waals surface area (Å²) in [7, 11) is -3.98. The molecule has 1 saturated carbocycles. The van der Waals surface area contributed by atoms with E-state index in [-0.39, 0.29) is 22.8 Å². The second-order valence-electron chi connectivity index (χ2n) is 6.52. The molecule has 0 bridgehead atoms. The maximum absolute atomic E-state index is 12.4. The van der Waals surface area contributed by atoms with Crippen LogP contribution in [0.4, 0.5) is 13.2 Å². The Hall–Kier alpha value is -1.81. The second kappa shape index (κ2) is 7.07. The molecule has 26 heavy (non-hydrogen) atoms. The third-order valence-electron chi connectivity index (χ3n) is 4.40. The van der Waals surface area contributed by atoms with E-state index in [0.29, 0.717) is 25.9 Å². The van der Waals surface area contributed by atoms with Crippen LogP contribution in [0.25, 0.3) is 0 Å². The molecule has 6 nitrogen and oxygen atoms in total. The molecule has 2 aliphatic rings. The van der Waals surface area contributed by atoms with E-state index in [0.717, 1.165) is 25.0 Å². The topological polar surface area (TPSA) is 75.7 Å². The molecule has 0 atom stereocenters. The Morgan fingerprint density at radius 3 is 2.38 bits per heavy atom.